The Hall–Kier alpha value is -2.47. The van der Waals surface area contributed by atoms with Crippen molar-refractivity contribution >= 4 is 35.1 Å². The number of aryl methyl sites for hydroxylation is 2. The standard InChI is InChI=1S/C22H25N3O2S/c1-14(2)25-19-8-6-5-7-18(19)22(20(25)26)24(11-12-28-22)21(27)23-17-10-9-15(3)16(4)13-17/h5-10,13-14H,11-12H2,1-4H3,(H,23,27). The van der Waals surface area contributed by atoms with Gasteiger partial charge in [-0.05, 0) is 57.0 Å². The molecule has 2 aliphatic heterocycles. The van der Waals surface area contributed by atoms with E-state index in [4.69, 9.17) is 0 Å². The van der Waals surface area contributed by atoms with Crippen LogP contribution in [0, 0.1) is 13.8 Å². The zero-order valence-electron chi connectivity index (χ0n) is 16.7. The molecule has 1 fully saturated rings. The van der Waals surface area contributed by atoms with E-state index < -0.39 is 4.87 Å². The molecular weight excluding hydrogens is 370 g/mol. The van der Waals surface area contributed by atoms with E-state index in [0.29, 0.717) is 6.54 Å². The Labute approximate surface area is 170 Å². The summed E-state index contributed by atoms with van der Waals surface area (Å²) in [6, 6.07) is 13.5. The second-order valence-electron chi connectivity index (χ2n) is 7.66. The highest BCUT2D eigenvalue weighted by Crippen LogP contribution is 2.54. The highest BCUT2D eigenvalue weighted by Gasteiger charge is 2.59. The zero-order valence-corrected chi connectivity index (χ0v) is 17.5. The molecule has 4 rings (SSSR count). The summed E-state index contributed by atoms with van der Waals surface area (Å²) in [6.45, 7) is 8.62. The lowest BCUT2D eigenvalue weighted by Gasteiger charge is -2.33. The SMILES string of the molecule is Cc1ccc(NC(=O)N2CCSC23C(=O)N(C(C)C)c2ccccc23)cc1C. The number of carbonyl (C=O) groups excluding carboxylic acids is 2. The second-order valence-corrected chi connectivity index (χ2v) is 8.95. The summed E-state index contributed by atoms with van der Waals surface area (Å²) in [7, 11) is 0. The molecule has 0 radical (unpaired) electrons. The average molecular weight is 396 g/mol. The first-order valence-electron chi connectivity index (χ1n) is 9.59. The highest BCUT2D eigenvalue weighted by atomic mass is 32.2. The van der Waals surface area contributed by atoms with Crippen LogP contribution >= 0.6 is 11.8 Å². The first kappa shape index (κ1) is 18.9. The Morgan fingerprint density at radius 1 is 1.14 bits per heavy atom. The minimum absolute atomic E-state index is 0.0264. The van der Waals surface area contributed by atoms with Gasteiger partial charge in [0.25, 0.3) is 5.91 Å². The van der Waals surface area contributed by atoms with Crippen LogP contribution in [0.3, 0.4) is 0 Å². The molecule has 1 saturated heterocycles. The molecule has 2 aliphatic rings. The average Bonchev–Trinajstić information content (AvgIpc) is 3.20. The summed E-state index contributed by atoms with van der Waals surface area (Å²) in [4.78, 5) is 29.4. The lowest BCUT2D eigenvalue weighted by atomic mass is 10.1. The maximum absolute atomic E-state index is 13.6. The van der Waals surface area contributed by atoms with Crippen LogP contribution in [0.2, 0.25) is 0 Å². The van der Waals surface area contributed by atoms with Crippen molar-refractivity contribution in [2.75, 3.05) is 22.5 Å². The first-order valence-corrected chi connectivity index (χ1v) is 10.6. The number of rotatable bonds is 2. The van der Waals surface area contributed by atoms with Crippen LogP contribution in [0.1, 0.15) is 30.5 Å². The number of carbonyl (C=O) groups is 2. The van der Waals surface area contributed by atoms with Crippen molar-refractivity contribution < 1.29 is 9.59 Å². The number of anilines is 2. The summed E-state index contributed by atoms with van der Waals surface area (Å²) >= 11 is 1.55. The van der Waals surface area contributed by atoms with Crippen molar-refractivity contribution in [1.82, 2.24) is 4.90 Å². The number of para-hydroxylation sites is 1. The predicted molar refractivity (Wildman–Crippen MR) is 115 cm³/mol. The molecule has 0 saturated carbocycles. The molecule has 28 heavy (non-hydrogen) atoms. The van der Waals surface area contributed by atoms with Gasteiger partial charge in [0, 0.05) is 29.6 Å². The van der Waals surface area contributed by atoms with E-state index in [1.807, 2.05) is 75.1 Å². The number of nitrogens with one attached hydrogen (secondary N) is 1. The Balaban J connectivity index is 1.72. The monoisotopic (exact) mass is 395 g/mol. The molecule has 1 N–H and O–H groups in total. The fourth-order valence-electron chi connectivity index (χ4n) is 4.05. The van der Waals surface area contributed by atoms with Crippen LogP contribution in [0.15, 0.2) is 42.5 Å². The third-order valence-corrected chi connectivity index (χ3v) is 6.98. The Morgan fingerprint density at radius 2 is 1.89 bits per heavy atom. The zero-order chi connectivity index (χ0) is 20.1. The molecule has 146 valence electrons. The van der Waals surface area contributed by atoms with Gasteiger partial charge in [-0.15, -0.1) is 11.8 Å². The van der Waals surface area contributed by atoms with Gasteiger partial charge in [0.15, 0.2) is 4.87 Å². The number of amides is 3. The van der Waals surface area contributed by atoms with E-state index in [9.17, 15) is 9.59 Å². The molecule has 1 atom stereocenters. The van der Waals surface area contributed by atoms with Gasteiger partial charge in [-0.1, -0.05) is 24.3 Å². The van der Waals surface area contributed by atoms with Gasteiger partial charge in [-0.25, -0.2) is 4.79 Å². The first-order chi connectivity index (χ1) is 13.4. The molecule has 3 amide bonds. The van der Waals surface area contributed by atoms with Crippen LogP contribution < -0.4 is 10.2 Å². The van der Waals surface area contributed by atoms with Gasteiger partial charge in [0.05, 0.1) is 5.69 Å². The van der Waals surface area contributed by atoms with E-state index in [1.165, 1.54) is 5.56 Å². The van der Waals surface area contributed by atoms with Gasteiger partial charge in [0.2, 0.25) is 0 Å². The molecule has 1 unspecified atom stereocenters. The van der Waals surface area contributed by atoms with Crippen molar-refractivity contribution in [3.05, 3.63) is 59.2 Å². The molecular formula is C22H25N3O2S. The van der Waals surface area contributed by atoms with Crippen molar-refractivity contribution in [3.8, 4) is 0 Å². The summed E-state index contributed by atoms with van der Waals surface area (Å²) in [5.41, 5.74) is 4.86. The van der Waals surface area contributed by atoms with Crippen LogP contribution in [0.4, 0.5) is 16.2 Å². The number of thioether (sulfide) groups is 1. The molecule has 1 spiro atoms. The van der Waals surface area contributed by atoms with E-state index in [0.717, 1.165) is 28.3 Å². The van der Waals surface area contributed by atoms with E-state index in [1.54, 1.807) is 16.7 Å². The Morgan fingerprint density at radius 3 is 2.61 bits per heavy atom. The summed E-state index contributed by atoms with van der Waals surface area (Å²) < 4.78 is 0. The van der Waals surface area contributed by atoms with Crippen LogP contribution in [-0.4, -0.2) is 35.2 Å². The van der Waals surface area contributed by atoms with Gasteiger partial charge >= 0.3 is 6.03 Å². The van der Waals surface area contributed by atoms with Crippen molar-refractivity contribution in [2.24, 2.45) is 0 Å². The quantitative estimate of drug-likeness (QED) is 0.815. The molecule has 6 heteroatoms. The fourth-order valence-corrected chi connectivity index (χ4v) is 5.50. The van der Waals surface area contributed by atoms with Crippen LogP contribution in [-0.2, 0) is 9.67 Å². The van der Waals surface area contributed by atoms with Gasteiger partial charge in [-0.3, -0.25) is 9.69 Å². The third-order valence-electron chi connectivity index (χ3n) is 5.56. The lowest BCUT2D eigenvalue weighted by molar-refractivity contribution is -0.123. The van der Waals surface area contributed by atoms with E-state index >= 15 is 0 Å². The molecule has 2 aromatic rings. The Bertz CT molecular complexity index is 959. The van der Waals surface area contributed by atoms with E-state index in [-0.39, 0.29) is 18.0 Å². The second kappa shape index (κ2) is 6.85. The predicted octanol–water partition coefficient (Wildman–Crippen LogP) is 4.49. The van der Waals surface area contributed by atoms with Gasteiger partial charge in [0.1, 0.15) is 0 Å². The van der Waals surface area contributed by atoms with Crippen molar-refractivity contribution in [3.63, 3.8) is 0 Å². The Kier molecular flexibility index (Phi) is 4.62. The maximum Gasteiger partial charge on any atom is 0.323 e. The third kappa shape index (κ3) is 2.70. The molecule has 2 aromatic carbocycles. The minimum Gasteiger partial charge on any atom is -0.308 e. The number of fused-ring (bicyclic) bond motifs is 2. The maximum atomic E-state index is 13.6. The van der Waals surface area contributed by atoms with Gasteiger partial charge in [-0.2, -0.15) is 0 Å². The largest absolute Gasteiger partial charge is 0.323 e. The normalized spacial score (nSPS) is 21.0. The fraction of sp³-hybridized carbons (Fsp3) is 0.364. The molecule has 5 nitrogen and oxygen atoms in total. The van der Waals surface area contributed by atoms with Crippen LogP contribution in [0.5, 0.6) is 0 Å². The molecule has 0 bridgehead atoms. The highest BCUT2D eigenvalue weighted by molar-refractivity contribution is 8.01. The number of urea groups is 1. The summed E-state index contributed by atoms with van der Waals surface area (Å²) in [5.74, 6) is 0.702. The minimum atomic E-state index is -0.981. The van der Waals surface area contributed by atoms with Crippen molar-refractivity contribution in [2.45, 2.75) is 38.6 Å². The molecule has 2 heterocycles. The smallest absolute Gasteiger partial charge is 0.308 e. The number of nitrogens with zero attached hydrogens (tertiary/aromatic N) is 2. The topological polar surface area (TPSA) is 52.7 Å². The van der Waals surface area contributed by atoms with Crippen molar-refractivity contribution in [1.29, 1.82) is 0 Å². The number of hydrogen-bond acceptors (Lipinski definition) is 3. The summed E-state index contributed by atoms with van der Waals surface area (Å²) in [5, 5.41) is 3.00. The summed E-state index contributed by atoms with van der Waals surface area (Å²) in [6.07, 6.45) is 0. The number of hydrogen-bond donors (Lipinski definition) is 1. The van der Waals surface area contributed by atoms with Crippen LogP contribution in [0.25, 0.3) is 0 Å². The molecule has 0 aliphatic carbocycles. The lowest BCUT2D eigenvalue weighted by Crippen LogP contribution is -2.52. The van der Waals surface area contributed by atoms with Gasteiger partial charge < -0.3 is 10.2 Å². The number of benzene rings is 2. The van der Waals surface area contributed by atoms with E-state index in [2.05, 4.69) is 5.32 Å². The molecule has 0 aromatic heterocycles.